The normalized spacial score (nSPS) is 15.7. The summed E-state index contributed by atoms with van der Waals surface area (Å²) in [5, 5.41) is 12.4. The van der Waals surface area contributed by atoms with Crippen LogP contribution < -0.4 is 10.2 Å². The Morgan fingerprint density at radius 2 is 2.11 bits per heavy atom. The van der Waals surface area contributed by atoms with E-state index in [0.717, 1.165) is 30.4 Å². The summed E-state index contributed by atoms with van der Waals surface area (Å²) in [7, 11) is 2.00. The van der Waals surface area contributed by atoms with Gasteiger partial charge in [0.05, 0.1) is 0 Å². The number of aliphatic hydroxyl groups is 1. The molecule has 0 aromatic carbocycles. The molecule has 5 heteroatoms. The average molecular weight is 264 g/mol. The van der Waals surface area contributed by atoms with Crippen LogP contribution >= 0.6 is 0 Å². The highest BCUT2D eigenvalue weighted by Crippen LogP contribution is 2.23. The van der Waals surface area contributed by atoms with Crippen LogP contribution in [0.4, 0.5) is 11.6 Å². The second-order valence-corrected chi connectivity index (χ2v) is 5.28. The average Bonchev–Trinajstić information content (AvgIpc) is 2.88. The van der Waals surface area contributed by atoms with Gasteiger partial charge >= 0.3 is 0 Å². The third kappa shape index (κ3) is 4.06. The first-order valence-corrected chi connectivity index (χ1v) is 7.13. The van der Waals surface area contributed by atoms with Crippen LogP contribution in [0.5, 0.6) is 0 Å². The number of aryl methyl sites for hydroxylation is 1. The van der Waals surface area contributed by atoms with Crippen molar-refractivity contribution in [1.82, 2.24) is 9.97 Å². The first-order valence-electron chi connectivity index (χ1n) is 7.13. The minimum Gasteiger partial charge on any atom is -0.396 e. The van der Waals surface area contributed by atoms with Crippen LogP contribution in [-0.2, 0) is 0 Å². The predicted molar refractivity (Wildman–Crippen MR) is 77.6 cm³/mol. The Balaban J connectivity index is 2.05. The number of anilines is 2. The lowest BCUT2D eigenvalue weighted by Gasteiger charge is -2.20. The predicted octanol–water partition coefficient (Wildman–Crippen LogP) is 1.96. The number of hydrogen-bond acceptors (Lipinski definition) is 5. The van der Waals surface area contributed by atoms with Crippen molar-refractivity contribution in [1.29, 1.82) is 0 Å². The summed E-state index contributed by atoms with van der Waals surface area (Å²) >= 11 is 0. The van der Waals surface area contributed by atoms with Crippen molar-refractivity contribution in [2.75, 3.05) is 30.4 Å². The lowest BCUT2D eigenvalue weighted by atomic mass is 10.2. The van der Waals surface area contributed by atoms with Gasteiger partial charge in [-0.15, -0.1) is 0 Å². The van der Waals surface area contributed by atoms with Gasteiger partial charge in [0.15, 0.2) is 0 Å². The van der Waals surface area contributed by atoms with Crippen molar-refractivity contribution in [2.45, 2.75) is 45.1 Å². The van der Waals surface area contributed by atoms with Crippen LogP contribution in [0.3, 0.4) is 0 Å². The van der Waals surface area contributed by atoms with Crippen molar-refractivity contribution in [2.24, 2.45) is 0 Å². The first kappa shape index (κ1) is 14.1. The van der Waals surface area contributed by atoms with E-state index in [4.69, 9.17) is 5.11 Å². The van der Waals surface area contributed by atoms with E-state index in [9.17, 15) is 0 Å². The summed E-state index contributed by atoms with van der Waals surface area (Å²) in [6.45, 7) is 2.93. The largest absolute Gasteiger partial charge is 0.396 e. The van der Waals surface area contributed by atoms with Gasteiger partial charge in [-0.25, -0.2) is 9.97 Å². The van der Waals surface area contributed by atoms with Gasteiger partial charge in [0.1, 0.15) is 17.5 Å². The fraction of sp³-hybridized carbons (Fsp3) is 0.714. The molecule has 1 heterocycles. The molecule has 1 aromatic rings. The smallest absolute Gasteiger partial charge is 0.134 e. The van der Waals surface area contributed by atoms with Gasteiger partial charge in [-0.1, -0.05) is 12.8 Å². The molecule has 1 aromatic heterocycles. The lowest BCUT2D eigenvalue weighted by molar-refractivity contribution is 0.290. The molecule has 1 saturated carbocycles. The minimum absolute atomic E-state index is 0.210. The van der Waals surface area contributed by atoms with Crippen LogP contribution in [-0.4, -0.2) is 41.3 Å². The monoisotopic (exact) mass is 264 g/mol. The van der Waals surface area contributed by atoms with Gasteiger partial charge in [0, 0.05) is 32.3 Å². The molecular weight excluding hydrogens is 240 g/mol. The van der Waals surface area contributed by atoms with Crippen LogP contribution in [0, 0.1) is 6.92 Å². The second kappa shape index (κ2) is 6.70. The summed E-state index contributed by atoms with van der Waals surface area (Å²) in [5.41, 5.74) is 0. The Morgan fingerprint density at radius 1 is 1.37 bits per heavy atom. The molecule has 2 N–H and O–H groups in total. The molecule has 106 valence electrons. The van der Waals surface area contributed by atoms with Crippen LogP contribution in [0.1, 0.15) is 37.9 Å². The Labute approximate surface area is 115 Å². The number of aliphatic hydroxyl groups excluding tert-OH is 1. The third-order valence-electron chi connectivity index (χ3n) is 3.57. The summed E-state index contributed by atoms with van der Waals surface area (Å²) in [4.78, 5) is 11.0. The van der Waals surface area contributed by atoms with E-state index in [1.54, 1.807) is 0 Å². The number of aromatic nitrogens is 2. The van der Waals surface area contributed by atoms with E-state index >= 15 is 0 Å². The molecule has 0 atom stereocenters. The number of hydrogen-bond donors (Lipinski definition) is 2. The minimum atomic E-state index is 0.210. The molecule has 0 bridgehead atoms. The van der Waals surface area contributed by atoms with Gasteiger partial charge in [-0.2, -0.15) is 0 Å². The van der Waals surface area contributed by atoms with Crippen molar-refractivity contribution in [3.8, 4) is 0 Å². The standard InChI is InChI=1S/C14H24N4O/c1-11-15-13(17-12-6-3-4-7-12)10-14(16-11)18(2)8-5-9-19/h10,12,19H,3-9H2,1-2H3,(H,15,16,17). The molecule has 0 aliphatic heterocycles. The Kier molecular flexibility index (Phi) is 4.96. The fourth-order valence-electron chi connectivity index (χ4n) is 2.52. The SMILES string of the molecule is Cc1nc(NC2CCCC2)cc(N(C)CCCO)n1. The van der Waals surface area contributed by atoms with Crippen LogP contribution in [0.15, 0.2) is 6.07 Å². The van der Waals surface area contributed by atoms with Gasteiger partial charge in [0.25, 0.3) is 0 Å². The van der Waals surface area contributed by atoms with Crippen LogP contribution in [0.25, 0.3) is 0 Å². The number of rotatable bonds is 6. The van der Waals surface area contributed by atoms with Crippen molar-refractivity contribution in [3.63, 3.8) is 0 Å². The van der Waals surface area contributed by atoms with Crippen molar-refractivity contribution >= 4 is 11.6 Å². The maximum atomic E-state index is 8.89. The third-order valence-corrected chi connectivity index (χ3v) is 3.57. The highest BCUT2D eigenvalue weighted by molar-refractivity contribution is 5.49. The zero-order valence-electron chi connectivity index (χ0n) is 11.9. The highest BCUT2D eigenvalue weighted by Gasteiger charge is 2.16. The highest BCUT2D eigenvalue weighted by atomic mass is 16.3. The lowest BCUT2D eigenvalue weighted by Crippen LogP contribution is -2.22. The topological polar surface area (TPSA) is 61.3 Å². The van der Waals surface area contributed by atoms with E-state index in [2.05, 4.69) is 20.2 Å². The number of nitrogens with zero attached hydrogens (tertiary/aromatic N) is 3. The molecule has 1 aliphatic carbocycles. The van der Waals surface area contributed by atoms with E-state index < -0.39 is 0 Å². The molecule has 0 saturated heterocycles. The zero-order chi connectivity index (χ0) is 13.7. The zero-order valence-corrected chi connectivity index (χ0v) is 11.9. The summed E-state index contributed by atoms with van der Waals surface area (Å²) < 4.78 is 0. The number of nitrogens with one attached hydrogen (secondary N) is 1. The Morgan fingerprint density at radius 3 is 2.79 bits per heavy atom. The van der Waals surface area contributed by atoms with E-state index in [1.807, 2.05) is 20.0 Å². The summed E-state index contributed by atoms with van der Waals surface area (Å²) in [6, 6.07) is 2.56. The molecule has 0 amide bonds. The molecule has 0 spiro atoms. The van der Waals surface area contributed by atoms with Gasteiger partial charge < -0.3 is 15.3 Å². The molecule has 0 radical (unpaired) electrons. The Bertz CT molecular complexity index is 404. The summed E-state index contributed by atoms with van der Waals surface area (Å²) in [5.74, 6) is 2.63. The van der Waals surface area contributed by atoms with Gasteiger partial charge in [-0.3, -0.25) is 0 Å². The second-order valence-electron chi connectivity index (χ2n) is 5.28. The maximum Gasteiger partial charge on any atom is 0.134 e. The molecule has 5 nitrogen and oxygen atoms in total. The van der Waals surface area contributed by atoms with Crippen LogP contribution in [0.2, 0.25) is 0 Å². The molecule has 0 unspecified atom stereocenters. The van der Waals surface area contributed by atoms with Crippen molar-refractivity contribution in [3.05, 3.63) is 11.9 Å². The molecular formula is C14H24N4O. The van der Waals surface area contributed by atoms with Crippen molar-refractivity contribution < 1.29 is 5.11 Å². The van der Waals surface area contributed by atoms with Gasteiger partial charge in [-0.05, 0) is 26.2 Å². The Hall–Kier alpha value is -1.36. The molecule has 1 aliphatic rings. The molecule has 19 heavy (non-hydrogen) atoms. The molecule has 1 fully saturated rings. The quantitative estimate of drug-likeness (QED) is 0.822. The van der Waals surface area contributed by atoms with E-state index in [1.165, 1.54) is 25.7 Å². The van der Waals surface area contributed by atoms with E-state index in [0.29, 0.717) is 6.04 Å². The summed E-state index contributed by atoms with van der Waals surface area (Å²) in [6.07, 6.45) is 5.85. The maximum absolute atomic E-state index is 8.89. The first-order chi connectivity index (χ1) is 9.19. The molecule has 2 rings (SSSR count). The fourth-order valence-corrected chi connectivity index (χ4v) is 2.52. The van der Waals surface area contributed by atoms with Gasteiger partial charge in [0.2, 0.25) is 0 Å². The van der Waals surface area contributed by atoms with E-state index in [-0.39, 0.29) is 6.61 Å².